The molecule has 3 fully saturated rings. The lowest BCUT2D eigenvalue weighted by Crippen LogP contribution is -2.52. The van der Waals surface area contributed by atoms with Crippen molar-refractivity contribution in [3.05, 3.63) is 18.3 Å². The normalized spacial score (nSPS) is 21.1. The third-order valence-electron chi connectivity index (χ3n) is 7.59. The molecular formula is C25H36N6O2S. The molecular weight excluding hydrogens is 448 g/mol. The number of aromatic nitrogens is 2. The molecule has 0 unspecified atom stereocenters. The molecule has 0 radical (unpaired) electrons. The van der Waals surface area contributed by atoms with Gasteiger partial charge in [-0.25, -0.2) is 9.97 Å². The number of carbonyl (C=O) groups excluding carboxylic acids is 2. The van der Waals surface area contributed by atoms with Gasteiger partial charge in [-0.2, -0.15) is 0 Å². The highest BCUT2D eigenvalue weighted by molar-refractivity contribution is 7.21. The lowest BCUT2D eigenvalue weighted by molar-refractivity contribution is -0.138. The molecule has 2 amide bonds. The van der Waals surface area contributed by atoms with E-state index in [2.05, 4.69) is 14.8 Å². The van der Waals surface area contributed by atoms with Crippen LogP contribution in [0, 0.1) is 0 Å². The predicted octanol–water partition coefficient (Wildman–Crippen LogP) is 2.99. The van der Waals surface area contributed by atoms with Gasteiger partial charge in [0.05, 0.1) is 0 Å². The van der Waals surface area contributed by atoms with E-state index in [1.54, 1.807) is 17.5 Å². The van der Waals surface area contributed by atoms with E-state index >= 15 is 0 Å². The molecule has 9 heteroatoms. The molecule has 1 saturated carbocycles. The zero-order chi connectivity index (χ0) is 23.3. The maximum absolute atomic E-state index is 12.9. The maximum Gasteiger partial charge on any atom is 0.223 e. The van der Waals surface area contributed by atoms with E-state index in [0.717, 1.165) is 67.7 Å². The summed E-state index contributed by atoms with van der Waals surface area (Å²) in [4.78, 5) is 44.5. The van der Waals surface area contributed by atoms with Crippen molar-refractivity contribution >= 4 is 38.6 Å². The lowest BCUT2D eigenvalue weighted by atomic mass is 9.94. The number of fused-ring (bicyclic) bond motifs is 1. The molecule has 0 spiro atoms. The Hall–Kier alpha value is -2.26. The topological polar surface area (TPSA) is 72.9 Å². The highest BCUT2D eigenvalue weighted by atomic mass is 32.1. The first-order valence-corrected chi connectivity index (χ1v) is 13.7. The number of pyridine rings is 1. The van der Waals surface area contributed by atoms with E-state index in [1.165, 1.54) is 32.1 Å². The van der Waals surface area contributed by atoms with Crippen molar-refractivity contribution in [2.24, 2.45) is 0 Å². The van der Waals surface area contributed by atoms with Gasteiger partial charge in [-0.05, 0) is 31.4 Å². The third kappa shape index (κ3) is 5.51. The number of rotatable bonds is 5. The fourth-order valence-corrected chi connectivity index (χ4v) is 6.52. The summed E-state index contributed by atoms with van der Waals surface area (Å²) in [6, 6.07) is 4.62. The Balaban J connectivity index is 1.06. The van der Waals surface area contributed by atoms with Gasteiger partial charge in [-0.15, -0.1) is 0 Å². The summed E-state index contributed by atoms with van der Waals surface area (Å²) in [6.45, 7) is 6.64. The largest absolute Gasteiger partial charge is 0.346 e. The van der Waals surface area contributed by atoms with E-state index in [4.69, 9.17) is 4.98 Å². The Morgan fingerprint density at radius 1 is 0.853 bits per heavy atom. The smallest absolute Gasteiger partial charge is 0.223 e. The van der Waals surface area contributed by atoms with Gasteiger partial charge in [0.15, 0.2) is 5.13 Å². The molecule has 184 valence electrons. The summed E-state index contributed by atoms with van der Waals surface area (Å²) in [6.07, 6.45) is 10.0. The van der Waals surface area contributed by atoms with E-state index in [-0.39, 0.29) is 11.8 Å². The van der Waals surface area contributed by atoms with Crippen LogP contribution in [0.1, 0.15) is 51.4 Å². The molecule has 0 atom stereocenters. The summed E-state index contributed by atoms with van der Waals surface area (Å²) in [5.74, 6) is 0.233. The number of nitrogens with zero attached hydrogens (tertiary/aromatic N) is 6. The van der Waals surface area contributed by atoms with Gasteiger partial charge in [0.25, 0.3) is 0 Å². The monoisotopic (exact) mass is 484 g/mol. The van der Waals surface area contributed by atoms with Crippen molar-refractivity contribution < 1.29 is 9.59 Å². The van der Waals surface area contributed by atoms with Crippen LogP contribution in [0.4, 0.5) is 5.13 Å². The molecule has 0 N–H and O–H groups in total. The van der Waals surface area contributed by atoms with Crippen molar-refractivity contribution in [3.8, 4) is 0 Å². The zero-order valence-corrected chi connectivity index (χ0v) is 20.8. The predicted molar refractivity (Wildman–Crippen MR) is 135 cm³/mol. The minimum Gasteiger partial charge on any atom is -0.346 e. The van der Waals surface area contributed by atoms with Crippen molar-refractivity contribution in [1.82, 2.24) is 24.7 Å². The van der Waals surface area contributed by atoms with E-state index < -0.39 is 0 Å². The maximum atomic E-state index is 12.9. The minimum absolute atomic E-state index is 0.0991. The summed E-state index contributed by atoms with van der Waals surface area (Å²) in [5.41, 5.74) is 0.928. The van der Waals surface area contributed by atoms with Crippen LogP contribution in [0.3, 0.4) is 0 Å². The third-order valence-corrected chi connectivity index (χ3v) is 8.62. The Bertz CT molecular complexity index is 950. The van der Waals surface area contributed by atoms with Gasteiger partial charge in [0.2, 0.25) is 11.8 Å². The van der Waals surface area contributed by atoms with Crippen LogP contribution in [-0.2, 0) is 9.59 Å². The van der Waals surface area contributed by atoms with Gasteiger partial charge < -0.3 is 14.7 Å². The van der Waals surface area contributed by atoms with Crippen LogP contribution in [0.5, 0.6) is 0 Å². The molecule has 4 heterocycles. The van der Waals surface area contributed by atoms with Crippen LogP contribution in [-0.4, -0.2) is 94.9 Å². The molecule has 3 aliphatic rings. The van der Waals surface area contributed by atoms with Gasteiger partial charge in [0, 0.05) is 77.4 Å². The lowest BCUT2D eigenvalue weighted by Gasteiger charge is -2.40. The number of carbonyl (C=O) groups is 2. The molecule has 2 aromatic rings. The molecule has 34 heavy (non-hydrogen) atoms. The number of anilines is 1. The first kappa shape index (κ1) is 23.5. The molecule has 2 aromatic heterocycles. The van der Waals surface area contributed by atoms with Crippen molar-refractivity contribution in [3.63, 3.8) is 0 Å². The molecule has 0 bridgehead atoms. The molecule has 0 aromatic carbocycles. The molecule has 2 saturated heterocycles. The van der Waals surface area contributed by atoms with Gasteiger partial charge in [0.1, 0.15) is 10.3 Å². The van der Waals surface area contributed by atoms with Crippen LogP contribution in [0.15, 0.2) is 18.3 Å². The first-order valence-electron chi connectivity index (χ1n) is 12.9. The number of hydrogen-bond donors (Lipinski definition) is 0. The highest BCUT2D eigenvalue weighted by Crippen LogP contribution is 2.28. The van der Waals surface area contributed by atoms with Crippen LogP contribution < -0.4 is 4.90 Å². The van der Waals surface area contributed by atoms with Crippen molar-refractivity contribution in [1.29, 1.82) is 0 Å². The fourth-order valence-electron chi connectivity index (χ4n) is 5.56. The average Bonchev–Trinajstić information content (AvgIpc) is 3.17. The van der Waals surface area contributed by atoms with Gasteiger partial charge in [-0.1, -0.05) is 30.6 Å². The minimum atomic E-state index is 0.0991. The summed E-state index contributed by atoms with van der Waals surface area (Å²) in [7, 11) is 0. The van der Waals surface area contributed by atoms with Gasteiger partial charge >= 0.3 is 0 Å². The van der Waals surface area contributed by atoms with E-state index in [1.807, 2.05) is 21.9 Å². The second-order valence-corrected chi connectivity index (χ2v) is 10.7. The quantitative estimate of drug-likeness (QED) is 0.650. The zero-order valence-electron chi connectivity index (χ0n) is 20.0. The Labute approximate surface area is 205 Å². The van der Waals surface area contributed by atoms with Crippen molar-refractivity contribution in [2.45, 2.75) is 57.4 Å². The van der Waals surface area contributed by atoms with Gasteiger partial charge in [-0.3, -0.25) is 14.5 Å². The van der Waals surface area contributed by atoms with Crippen LogP contribution >= 0.6 is 11.3 Å². The second-order valence-electron chi connectivity index (χ2n) is 9.75. The van der Waals surface area contributed by atoms with Crippen molar-refractivity contribution in [2.75, 3.05) is 57.3 Å². The Morgan fingerprint density at radius 2 is 1.56 bits per heavy atom. The van der Waals surface area contributed by atoms with Crippen LogP contribution in [0.25, 0.3) is 10.3 Å². The first-order chi connectivity index (χ1) is 16.7. The van der Waals surface area contributed by atoms with E-state index in [0.29, 0.717) is 25.4 Å². The van der Waals surface area contributed by atoms with Crippen LogP contribution in [0.2, 0.25) is 0 Å². The molecule has 2 aliphatic heterocycles. The molecule has 5 rings (SSSR count). The summed E-state index contributed by atoms with van der Waals surface area (Å²) < 4.78 is 0. The summed E-state index contributed by atoms with van der Waals surface area (Å²) in [5, 5.41) is 0.977. The highest BCUT2D eigenvalue weighted by Gasteiger charge is 2.28. The number of thiazole rings is 1. The number of hydrogen-bond acceptors (Lipinski definition) is 7. The Kier molecular flexibility index (Phi) is 7.59. The average molecular weight is 485 g/mol. The Morgan fingerprint density at radius 3 is 2.29 bits per heavy atom. The molecule has 8 nitrogen and oxygen atoms in total. The number of amides is 2. The van der Waals surface area contributed by atoms with E-state index in [9.17, 15) is 9.59 Å². The second kappa shape index (κ2) is 11.0. The standard InChI is InChI=1S/C25H36N6O2S/c32-22(9-10-23(33)30-16-14-28(15-17-30)20-6-2-1-3-7-20)29-12-5-13-31(19-18-29)25-27-21-8-4-11-26-24(21)34-25/h4,8,11,20H,1-3,5-7,9-10,12-19H2. The summed E-state index contributed by atoms with van der Waals surface area (Å²) >= 11 is 1.61. The SMILES string of the molecule is O=C(CCC(=O)N1CCN(C2CCCCC2)CC1)N1CCCN(c2nc3cccnc3s2)CC1. The number of piperazine rings is 1. The fraction of sp³-hybridized carbons (Fsp3) is 0.680. The molecule has 1 aliphatic carbocycles.